The summed E-state index contributed by atoms with van der Waals surface area (Å²) < 4.78 is 37.0. The first kappa shape index (κ1) is 14.4. The Hall–Kier alpha value is -1.02. The van der Waals surface area contributed by atoms with Crippen molar-refractivity contribution in [1.29, 1.82) is 0 Å². The quantitative estimate of drug-likeness (QED) is 0.832. The van der Waals surface area contributed by atoms with Gasteiger partial charge in [0.1, 0.15) is 11.0 Å². The molecule has 0 aliphatic heterocycles. The van der Waals surface area contributed by atoms with E-state index in [1.54, 1.807) is 6.07 Å². The molecule has 1 heterocycles. The lowest BCUT2D eigenvalue weighted by Crippen LogP contribution is -2.12. The molecule has 0 saturated carbocycles. The van der Waals surface area contributed by atoms with Crippen molar-refractivity contribution < 1.29 is 12.8 Å². The number of nitrogens with two attached hydrogens (primary N) is 1. The summed E-state index contributed by atoms with van der Waals surface area (Å²) in [7, 11) is -3.91. The van der Waals surface area contributed by atoms with Gasteiger partial charge in [0.25, 0.3) is 0 Å². The molecule has 0 spiro atoms. The van der Waals surface area contributed by atoms with Crippen molar-refractivity contribution in [2.75, 3.05) is 0 Å². The van der Waals surface area contributed by atoms with Gasteiger partial charge in [0, 0.05) is 21.8 Å². The van der Waals surface area contributed by atoms with E-state index in [2.05, 4.69) is 20.9 Å². The van der Waals surface area contributed by atoms with Crippen molar-refractivity contribution in [3.8, 4) is 11.1 Å². The second kappa shape index (κ2) is 5.16. The molecule has 2 N–H and O–H groups in total. The lowest BCUT2D eigenvalue weighted by Gasteiger charge is -2.07. The summed E-state index contributed by atoms with van der Waals surface area (Å²) in [5.74, 6) is -0.616. The van der Waals surface area contributed by atoms with Crippen molar-refractivity contribution in [3.05, 3.63) is 45.9 Å². The standard InChI is InChI=1S/C11H7BrClFN2O2S/c12-6-3-9(11(13)16-5-6)8-4-7(19(15,17)18)1-2-10(8)14/h1-5H,(H2,15,17,18). The van der Waals surface area contributed by atoms with Crippen LogP contribution in [-0.2, 0) is 10.0 Å². The fraction of sp³-hybridized carbons (Fsp3) is 0. The summed E-state index contributed by atoms with van der Waals surface area (Å²) in [6.45, 7) is 0. The number of pyridine rings is 1. The molecule has 0 bridgehead atoms. The highest BCUT2D eigenvalue weighted by atomic mass is 79.9. The van der Waals surface area contributed by atoms with E-state index in [-0.39, 0.29) is 21.2 Å². The first-order valence-corrected chi connectivity index (χ1v) is 7.64. The van der Waals surface area contributed by atoms with Gasteiger partial charge in [-0.1, -0.05) is 11.6 Å². The van der Waals surface area contributed by atoms with E-state index < -0.39 is 15.8 Å². The lowest BCUT2D eigenvalue weighted by molar-refractivity contribution is 0.596. The minimum Gasteiger partial charge on any atom is -0.243 e. The number of nitrogens with zero attached hydrogens (tertiary/aromatic N) is 1. The smallest absolute Gasteiger partial charge is 0.238 e. The zero-order valence-electron chi connectivity index (χ0n) is 9.27. The zero-order valence-corrected chi connectivity index (χ0v) is 12.4. The molecule has 1 aromatic carbocycles. The molecule has 0 unspecified atom stereocenters. The number of rotatable bonds is 2. The SMILES string of the molecule is NS(=O)(=O)c1ccc(F)c(-c2cc(Br)cnc2Cl)c1. The summed E-state index contributed by atoms with van der Waals surface area (Å²) in [5, 5.41) is 5.08. The van der Waals surface area contributed by atoms with E-state index in [0.717, 1.165) is 18.2 Å². The van der Waals surface area contributed by atoms with Crippen molar-refractivity contribution in [1.82, 2.24) is 4.98 Å². The third kappa shape index (κ3) is 3.11. The summed E-state index contributed by atoms with van der Waals surface area (Å²) in [6.07, 6.45) is 1.45. The van der Waals surface area contributed by atoms with Crippen LogP contribution in [0.2, 0.25) is 5.15 Å². The minimum absolute atomic E-state index is 0.0188. The number of sulfonamides is 1. The number of hydrogen-bond acceptors (Lipinski definition) is 3. The van der Waals surface area contributed by atoms with Crippen LogP contribution in [0.25, 0.3) is 11.1 Å². The predicted octanol–water partition coefficient (Wildman–Crippen LogP) is 2.95. The molecule has 4 nitrogen and oxygen atoms in total. The van der Waals surface area contributed by atoms with Gasteiger partial charge in [0.05, 0.1) is 4.90 Å². The van der Waals surface area contributed by atoms with Crippen LogP contribution < -0.4 is 5.14 Å². The maximum Gasteiger partial charge on any atom is 0.238 e. The average molecular weight is 366 g/mol. The maximum absolute atomic E-state index is 13.8. The van der Waals surface area contributed by atoms with Crippen molar-refractivity contribution >= 4 is 37.6 Å². The van der Waals surface area contributed by atoms with E-state index in [4.69, 9.17) is 16.7 Å². The van der Waals surface area contributed by atoms with Gasteiger partial charge in [-0.15, -0.1) is 0 Å². The molecule has 2 rings (SSSR count). The third-order valence-corrected chi connectivity index (χ3v) is 4.01. The Morgan fingerprint density at radius 1 is 1.26 bits per heavy atom. The largest absolute Gasteiger partial charge is 0.243 e. The van der Waals surface area contributed by atoms with Gasteiger partial charge in [0.2, 0.25) is 10.0 Å². The Morgan fingerprint density at radius 3 is 2.58 bits per heavy atom. The summed E-state index contributed by atoms with van der Waals surface area (Å²) in [4.78, 5) is 3.66. The van der Waals surface area contributed by atoms with E-state index in [9.17, 15) is 12.8 Å². The van der Waals surface area contributed by atoms with Gasteiger partial charge in [-0.25, -0.2) is 22.9 Å². The Kier molecular flexibility index (Phi) is 3.91. The van der Waals surface area contributed by atoms with Crippen LogP contribution in [-0.4, -0.2) is 13.4 Å². The number of halogens is 3. The molecular formula is C11H7BrClFN2O2S. The van der Waals surface area contributed by atoms with E-state index in [1.807, 2.05) is 0 Å². The maximum atomic E-state index is 13.8. The van der Waals surface area contributed by atoms with Crippen molar-refractivity contribution in [2.24, 2.45) is 5.14 Å². The van der Waals surface area contributed by atoms with Gasteiger partial charge < -0.3 is 0 Å². The van der Waals surface area contributed by atoms with E-state index in [0.29, 0.717) is 4.47 Å². The Labute approximate surface area is 122 Å². The highest BCUT2D eigenvalue weighted by Crippen LogP contribution is 2.32. The number of primary sulfonamides is 1. The van der Waals surface area contributed by atoms with Gasteiger partial charge in [0.15, 0.2) is 0 Å². The molecule has 0 aliphatic rings. The second-order valence-corrected chi connectivity index (χ2v) is 6.51. The summed E-state index contributed by atoms with van der Waals surface area (Å²) in [5.41, 5.74) is 0.296. The van der Waals surface area contributed by atoms with Gasteiger partial charge in [-0.3, -0.25) is 0 Å². The monoisotopic (exact) mass is 364 g/mol. The summed E-state index contributed by atoms with van der Waals surface area (Å²) in [6, 6.07) is 4.78. The fourth-order valence-corrected chi connectivity index (χ4v) is 2.58. The van der Waals surface area contributed by atoms with Crippen molar-refractivity contribution in [3.63, 3.8) is 0 Å². The molecule has 8 heteroatoms. The molecule has 0 aliphatic carbocycles. The van der Waals surface area contributed by atoms with E-state index >= 15 is 0 Å². The molecule has 0 radical (unpaired) electrons. The summed E-state index contributed by atoms with van der Waals surface area (Å²) >= 11 is 9.08. The highest BCUT2D eigenvalue weighted by Gasteiger charge is 2.15. The van der Waals surface area contributed by atoms with Crippen LogP contribution >= 0.6 is 27.5 Å². The highest BCUT2D eigenvalue weighted by molar-refractivity contribution is 9.10. The molecular weight excluding hydrogens is 359 g/mol. The Morgan fingerprint density at radius 2 is 1.95 bits per heavy atom. The molecule has 19 heavy (non-hydrogen) atoms. The minimum atomic E-state index is -3.91. The lowest BCUT2D eigenvalue weighted by atomic mass is 10.1. The van der Waals surface area contributed by atoms with Gasteiger partial charge in [-0.2, -0.15) is 0 Å². The van der Waals surface area contributed by atoms with Crippen molar-refractivity contribution in [2.45, 2.75) is 4.90 Å². The Balaban J connectivity index is 2.71. The van der Waals surface area contributed by atoms with Crippen LogP contribution in [0.1, 0.15) is 0 Å². The molecule has 0 amide bonds. The Bertz CT molecular complexity index is 752. The van der Waals surface area contributed by atoms with Crippen LogP contribution in [0.3, 0.4) is 0 Å². The fourth-order valence-electron chi connectivity index (χ4n) is 1.50. The molecule has 0 fully saturated rings. The predicted molar refractivity (Wildman–Crippen MR) is 73.7 cm³/mol. The third-order valence-electron chi connectivity index (χ3n) is 2.36. The molecule has 1 aromatic heterocycles. The van der Waals surface area contributed by atoms with Crippen LogP contribution in [0.15, 0.2) is 39.8 Å². The first-order valence-electron chi connectivity index (χ1n) is 4.93. The number of aromatic nitrogens is 1. The normalized spacial score (nSPS) is 11.6. The van der Waals surface area contributed by atoms with Crippen LogP contribution in [0.4, 0.5) is 4.39 Å². The zero-order chi connectivity index (χ0) is 14.2. The van der Waals surface area contributed by atoms with Gasteiger partial charge in [-0.05, 0) is 40.2 Å². The van der Waals surface area contributed by atoms with E-state index in [1.165, 1.54) is 6.20 Å². The molecule has 100 valence electrons. The number of benzene rings is 1. The van der Waals surface area contributed by atoms with Gasteiger partial charge >= 0.3 is 0 Å². The molecule has 2 aromatic rings. The second-order valence-electron chi connectivity index (χ2n) is 3.68. The molecule has 0 saturated heterocycles. The topological polar surface area (TPSA) is 73.1 Å². The van der Waals surface area contributed by atoms with Crippen LogP contribution in [0, 0.1) is 5.82 Å². The average Bonchev–Trinajstić information content (AvgIpc) is 2.32. The van der Waals surface area contributed by atoms with Crippen LogP contribution in [0.5, 0.6) is 0 Å². The first-order chi connectivity index (χ1) is 8.79. The molecule has 0 atom stereocenters. The number of hydrogen-bond donors (Lipinski definition) is 1.